The second-order valence-electron chi connectivity index (χ2n) is 9.17. The Morgan fingerprint density at radius 1 is 1.07 bits per heavy atom. The normalized spacial score (nSPS) is 24.4. The lowest BCUT2D eigenvalue weighted by Crippen LogP contribution is -2.45. The van der Waals surface area contributed by atoms with E-state index in [1.807, 2.05) is 0 Å². The maximum Gasteiger partial charge on any atom is 0.166 e. The van der Waals surface area contributed by atoms with Crippen molar-refractivity contribution in [1.29, 1.82) is 0 Å². The number of hydrogen-bond donors (Lipinski definition) is 0. The first-order chi connectivity index (χ1) is 14.5. The van der Waals surface area contributed by atoms with Gasteiger partial charge in [-0.3, -0.25) is 0 Å². The summed E-state index contributed by atoms with van der Waals surface area (Å²) in [6.07, 6.45) is 10.7. The van der Waals surface area contributed by atoms with Gasteiger partial charge in [-0.05, 0) is 76.8 Å². The van der Waals surface area contributed by atoms with Gasteiger partial charge in [-0.25, -0.2) is 0 Å². The Kier molecular flexibility index (Phi) is 6.52. The molecule has 0 bridgehead atoms. The number of benzene rings is 1. The molecule has 0 N–H and O–H groups in total. The van der Waals surface area contributed by atoms with Crippen LogP contribution in [0.2, 0.25) is 0 Å². The SMILES string of the molecule is C=C1C(OC2CCCC2)=C(N2CCN(C)CC2)C=CCC(C)N1c1cccc(C)c1. The predicted molar refractivity (Wildman–Crippen MR) is 125 cm³/mol. The molecular formula is C26H37N3O. The zero-order chi connectivity index (χ0) is 21.1. The Bertz CT molecular complexity index is 813. The van der Waals surface area contributed by atoms with Gasteiger partial charge < -0.3 is 19.4 Å². The van der Waals surface area contributed by atoms with Crippen LogP contribution in [0.1, 0.15) is 44.6 Å². The van der Waals surface area contributed by atoms with Gasteiger partial charge in [0.25, 0.3) is 0 Å². The molecule has 2 fully saturated rings. The smallest absolute Gasteiger partial charge is 0.166 e. The Balaban J connectivity index is 1.74. The van der Waals surface area contributed by atoms with Crippen molar-refractivity contribution < 1.29 is 4.74 Å². The summed E-state index contributed by atoms with van der Waals surface area (Å²) in [7, 11) is 2.20. The fraction of sp³-hybridized carbons (Fsp3) is 0.538. The minimum Gasteiger partial charge on any atom is -0.486 e. The van der Waals surface area contributed by atoms with Crippen molar-refractivity contribution in [2.24, 2.45) is 0 Å². The van der Waals surface area contributed by atoms with Crippen LogP contribution in [-0.4, -0.2) is 55.2 Å². The third-order valence-corrected chi connectivity index (χ3v) is 6.69. The molecule has 1 aromatic rings. The average Bonchev–Trinajstić information content (AvgIpc) is 3.23. The van der Waals surface area contributed by atoms with E-state index in [2.05, 4.69) is 78.6 Å². The summed E-state index contributed by atoms with van der Waals surface area (Å²) in [6, 6.07) is 9.08. The van der Waals surface area contributed by atoms with Crippen molar-refractivity contribution in [3.8, 4) is 0 Å². The van der Waals surface area contributed by atoms with Crippen molar-refractivity contribution in [1.82, 2.24) is 9.80 Å². The number of allylic oxidation sites excluding steroid dienone is 1. The van der Waals surface area contributed by atoms with Crippen molar-refractivity contribution in [2.45, 2.75) is 58.1 Å². The fourth-order valence-corrected chi connectivity index (χ4v) is 4.87. The van der Waals surface area contributed by atoms with Crippen molar-refractivity contribution >= 4 is 5.69 Å². The minimum atomic E-state index is 0.307. The lowest BCUT2D eigenvalue weighted by molar-refractivity contribution is 0.112. The van der Waals surface area contributed by atoms with E-state index >= 15 is 0 Å². The average molecular weight is 408 g/mol. The first-order valence-corrected chi connectivity index (χ1v) is 11.6. The van der Waals surface area contributed by atoms with Crippen LogP contribution < -0.4 is 4.90 Å². The number of aryl methyl sites for hydroxylation is 1. The molecule has 0 aromatic heterocycles. The van der Waals surface area contributed by atoms with Crippen LogP contribution >= 0.6 is 0 Å². The summed E-state index contributed by atoms with van der Waals surface area (Å²) in [6.45, 7) is 13.3. The fourth-order valence-electron chi connectivity index (χ4n) is 4.87. The van der Waals surface area contributed by atoms with Crippen LogP contribution in [0.4, 0.5) is 5.69 Å². The molecule has 0 amide bonds. The van der Waals surface area contributed by atoms with Crippen molar-refractivity contribution in [2.75, 3.05) is 38.1 Å². The first-order valence-electron chi connectivity index (χ1n) is 11.6. The second kappa shape index (κ2) is 9.30. The standard InChI is InChI=1S/C26H37N3O/c1-20-9-7-11-23(19-20)29-21(2)10-8-14-25(28-17-15-27(4)16-18-28)26(22(29)3)30-24-12-5-6-13-24/h7-9,11,14,19,21,24H,3,5-6,10,12-13,15-18H2,1-2,4H3. The topological polar surface area (TPSA) is 19.0 Å². The third kappa shape index (κ3) is 4.59. The molecule has 4 nitrogen and oxygen atoms in total. The maximum absolute atomic E-state index is 6.75. The van der Waals surface area contributed by atoms with Gasteiger partial charge >= 0.3 is 0 Å². The Morgan fingerprint density at radius 2 is 1.80 bits per heavy atom. The summed E-state index contributed by atoms with van der Waals surface area (Å²) in [5.74, 6) is 0.982. The van der Waals surface area contributed by atoms with E-state index in [0.29, 0.717) is 12.1 Å². The van der Waals surface area contributed by atoms with Gasteiger partial charge in [0.2, 0.25) is 0 Å². The molecule has 30 heavy (non-hydrogen) atoms. The molecule has 1 atom stereocenters. The van der Waals surface area contributed by atoms with Gasteiger partial charge in [0.05, 0.1) is 17.5 Å². The zero-order valence-corrected chi connectivity index (χ0v) is 18.9. The minimum absolute atomic E-state index is 0.307. The van der Waals surface area contributed by atoms with Gasteiger partial charge in [-0.2, -0.15) is 0 Å². The number of ether oxygens (including phenoxy) is 1. The number of likely N-dealkylation sites (N-methyl/N-ethyl adjacent to an activating group) is 1. The maximum atomic E-state index is 6.75. The summed E-state index contributed by atoms with van der Waals surface area (Å²) in [5, 5.41) is 0. The van der Waals surface area contributed by atoms with E-state index < -0.39 is 0 Å². The van der Waals surface area contributed by atoms with Crippen LogP contribution in [0.25, 0.3) is 0 Å². The molecule has 2 aliphatic heterocycles. The van der Waals surface area contributed by atoms with Crippen molar-refractivity contribution in [3.05, 3.63) is 65.7 Å². The van der Waals surface area contributed by atoms with Crippen LogP contribution in [-0.2, 0) is 4.74 Å². The second-order valence-corrected chi connectivity index (χ2v) is 9.17. The molecule has 162 valence electrons. The van der Waals surface area contributed by atoms with E-state index in [9.17, 15) is 0 Å². The van der Waals surface area contributed by atoms with Crippen LogP contribution in [0.5, 0.6) is 0 Å². The lowest BCUT2D eigenvalue weighted by atomic mass is 10.0. The quantitative estimate of drug-likeness (QED) is 0.693. The highest BCUT2D eigenvalue weighted by molar-refractivity contribution is 5.59. The monoisotopic (exact) mass is 407 g/mol. The Hall–Kier alpha value is -2.20. The zero-order valence-electron chi connectivity index (χ0n) is 18.9. The largest absolute Gasteiger partial charge is 0.486 e. The molecule has 1 saturated carbocycles. The van der Waals surface area contributed by atoms with Crippen LogP contribution in [0, 0.1) is 6.92 Å². The van der Waals surface area contributed by atoms with E-state index in [4.69, 9.17) is 4.74 Å². The molecular weight excluding hydrogens is 370 g/mol. The number of piperazine rings is 1. The molecule has 3 aliphatic rings. The van der Waals surface area contributed by atoms with Crippen LogP contribution in [0.3, 0.4) is 0 Å². The molecule has 0 spiro atoms. The molecule has 0 radical (unpaired) electrons. The number of anilines is 1. The molecule has 1 saturated heterocycles. The van der Waals surface area contributed by atoms with Gasteiger partial charge in [0.1, 0.15) is 0 Å². The van der Waals surface area contributed by atoms with Gasteiger partial charge in [-0.1, -0.05) is 24.8 Å². The number of rotatable bonds is 4. The molecule has 1 aromatic carbocycles. The summed E-state index contributed by atoms with van der Waals surface area (Å²) in [4.78, 5) is 7.28. The highest BCUT2D eigenvalue weighted by Crippen LogP contribution is 2.35. The van der Waals surface area contributed by atoms with Crippen molar-refractivity contribution in [3.63, 3.8) is 0 Å². The number of nitrogens with zero attached hydrogens (tertiary/aromatic N) is 3. The third-order valence-electron chi connectivity index (χ3n) is 6.69. The highest BCUT2D eigenvalue weighted by atomic mass is 16.5. The summed E-state index contributed by atoms with van der Waals surface area (Å²) < 4.78 is 6.75. The van der Waals surface area contributed by atoms with E-state index in [-0.39, 0.29) is 0 Å². The summed E-state index contributed by atoms with van der Waals surface area (Å²) in [5.41, 5.74) is 4.68. The molecule has 1 unspecified atom stereocenters. The highest BCUT2D eigenvalue weighted by Gasteiger charge is 2.30. The Morgan fingerprint density at radius 3 is 2.50 bits per heavy atom. The molecule has 1 aliphatic carbocycles. The van der Waals surface area contributed by atoms with Gasteiger partial charge in [-0.15, -0.1) is 0 Å². The van der Waals surface area contributed by atoms with Crippen LogP contribution in [0.15, 0.2) is 60.1 Å². The molecule has 4 rings (SSSR count). The first kappa shape index (κ1) is 21.0. The van der Waals surface area contributed by atoms with E-state index in [1.165, 1.54) is 29.8 Å². The van der Waals surface area contributed by atoms with E-state index in [1.54, 1.807) is 0 Å². The molecule has 4 heteroatoms. The van der Waals surface area contributed by atoms with Gasteiger partial charge in [0.15, 0.2) is 5.76 Å². The predicted octanol–water partition coefficient (Wildman–Crippen LogP) is 5.08. The van der Waals surface area contributed by atoms with Gasteiger partial charge in [0, 0.05) is 37.9 Å². The summed E-state index contributed by atoms with van der Waals surface area (Å²) >= 11 is 0. The lowest BCUT2D eigenvalue weighted by Gasteiger charge is -2.40. The molecule has 2 heterocycles. The number of hydrogen-bond acceptors (Lipinski definition) is 4. The van der Waals surface area contributed by atoms with E-state index in [0.717, 1.165) is 56.9 Å². The Labute approximate surface area is 182 Å².